The van der Waals surface area contributed by atoms with Crippen molar-refractivity contribution in [1.82, 2.24) is 14.5 Å². The molecule has 20 heavy (non-hydrogen) atoms. The van der Waals surface area contributed by atoms with Crippen molar-refractivity contribution in [2.75, 3.05) is 39.3 Å². The summed E-state index contributed by atoms with van der Waals surface area (Å²) in [5.41, 5.74) is -0.293. The molecule has 3 N–H and O–H groups in total. The van der Waals surface area contributed by atoms with E-state index in [0.29, 0.717) is 26.2 Å². The fraction of sp³-hybridized carbons (Fsp3) is 0.917. The maximum Gasteiger partial charge on any atom is 0.277 e. The zero-order valence-corrected chi connectivity index (χ0v) is 12.8. The second kappa shape index (κ2) is 5.97. The molecule has 8 heteroatoms. The molecule has 2 aliphatic rings. The predicted octanol–water partition coefficient (Wildman–Crippen LogP) is -0.886. The van der Waals surface area contributed by atoms with Gasteiger partial charge in [0.15, 0.2) is 0 Å². The molecular weight excluding hydrogens is 280 g/mol. The molecule has 1 unspecified atom stereocenters. The van der Waals surface area contributed by atoms with Crippen molar-refractivity contribution < 1.29 is 13.2 Å². The average molecular weight is 304 g/mol. The Hall–Kier alpha value is -0.700. The summed E-state index contributed by atoms with van der Waals surface area (Å²) in [6.45, 7) is 5.14. The van der Waals surface area contributed by atoms with Crippen LogP contribution in [0.5, 0.6) is 0 Å². The number of hydrogen-bond donors (Lipinski definition) is 2. The van der Waals surface area contributed by atoms with E-state index in [1.165, 1.54) is 4.31 Å². The molecule has 2 rings (SSSR count). The maximum atomic E-state index is 12.8. The highest BCUT2D eigenvalue weighted by molar-refractivity contribution is 7.86. The van der Waals surface area contributed by atoms with Crippen molar-refractivity contribution in [3.63, 3.8) is 0 Å². The van der Waals surface area contributed by atoms with Gasteiger partial charge in [0.05, 0.1) is 5.41 Å². The van der Waals surface area contributed by atoms with Crippen LogP contribution in [-0.4, -0.2) is 62.8 Å². The molecule has 0 aromatic heterocycles. The second-order valence-electron chi connectivity index (χ2n) is 5.69. The smallest absolute Gasteiger partial charge is 0.277 e. The van der Waals surface area contributed by atoms with Gasteiger partial charge in [-0.1, -0.05) is 13.3 Å². The minimum Gasteiger partial charge on any atom is -0.340 e. The van der Waals surface area contributed by atoms with E-state index >= 15 is 0 Å². The lowest BCUT2D eigenvalue weighted by Gasteiger charge is -2.38. The lowest BCUT2D eigenvalue weighted by Crippen LogP contribution is -2.55. The second-order valence-corrected chi connectivity index (χ2v) is 7.24. The number of carbonyl (C=O) groups is 1. The zero-order valence-electron chi connectivity index (χ0n) is 12.0. The Morgan fingerprint density at radius 1 is 1.30 bits per heavy atom. The molecule has 1 amide bonds. The Bertz CT molecular complexity index is 451. The van der Waals surface area contributed by atoms with Crippen LogP contribution in [0.15, 0.2) is 0 Å². The van der Waals surface area contributed by atoms with Crippen molar-refractivity contribution in [1.29, 1.82) is 0 Å². The summed E-state index contributed by atoms with van der Waals surface area (Å²) in [7, 11) is -3.64. The van der Waals surface area contributed by atoms with Gasteiger partial charge in [-0.25, -0.2) is 5.14 Å². The third kappa shape index (κ3) is 3.13. The van der Waals surface area contributed by atoms with Crippen LogP contribution < -0.4 is 10.5 Å². The Labute approximate surface area is 120 Å². The highest BCUT2D eigenvalue weighted by atomic mass is 32.2. The fourth-order valence-corrected chi connectivity index (χ4v) is 3.88. The van der Waals surface area contributed by atoms with Gasteiger partial charge in [0.2, 0.25) is 5.91 Å². The van der Waals surface area contributed by atoms with Crippen molar-refractivity contribution in [2.45, 2.75) is 26.2 Å². The van der Waals surface area contributed by atoms with E-state index in [0.717, 1.165) is 32.4 Å². The van der Waals surface area contributed by atoms with Crippen LogP contribution in [0.25, 0.3) is 0 Å². The SMILES string of the molecule is CCCC1(C(=O)N2CCN(S(N)(=O)=O)CC2)CCNC1. The van der Waals surface area contributed by atoms with E-state index in [4.69, 9.17) is 5.14 Å². The molecule has 116 valence electrons. The molecule has 0 radical (unpaired) electrons. The molecule has 7 nitrogen and oxygen atoms in total. The van der Waals surface area contributed by atoms with E-state index in [1.807, 2.05) is 0 Å². The van der Waals surface area contributed by atoms with E-state index in [9.17, 15) is 13.2 Å². The van der Waals surface area contributed by atoms with Gasteiger partial charge in [-0.05, 0) is 19.4 Å². The fourth-order valence-electron chi connectivity index (χ4n) is 3.21. The Balaban J connectivity index is 2.00. The zero-order chi connectivity index (χ0) is 14.8. The maximum absolute atomic E-state index is 12.8. The van der Waals surface area contributed by atoms with Gasteiger partial charge in [0.25, 0.3) is 10.2 Å². The van der Waals surface area contributed by atoms with Crippen LogP contribution in [0.3, 0.4) is 0 Å². The largest absolute Gasteiger partial charge is 0.340 e. The molecule has 0 aliphatic carbocycles. The molecular formula is C12H24N4O3S. The van der Waals surface area contributed by atoms with Crippen LogP contribution in [-0.2, 0) is 15.0 Å². The quantitative estimate of drug-likeness (QED) is 0.704. The number of nitrogens with one attached hydrogen (secondary N) is 1. The van der Waals surface area contributed by atoms with Crippen molar-refractivity contribution >= 4 is 16.1 Å². The molecule has 2 saturated heterocycles. The number of amides is 1. The van der Waals surface area contributed by atoms with E-state index in [-0.39, 0.29) is 11.3 Å². The van der Waals surface area contributed by atoms with Gasteiger partial charge < -0.3 is 10.2 Å². The minimum atomic E-state index is -3.64. The molecule has 1 atom stereocenters. The first-order chi connectivity index (χ1) is 9.39. The summed E-state index contributed by atoms with van der Waals surface area (Å²) in [5, 5.41) is 8.39. The minimum absolute atomic E-state index is 0.165. The standard InChI is InChI=1S/C12H24N4O3S/c1-2-3-12(4-5-14-10-12)11(17)15-6-8-16(9-7-15)20(13,18)19/h14H,2-10H2,1H3,(H2,13,18,19). The van der Waals surface area contributed by atoms with Gasteiger partial charge >= 0.3 is 0 Å². The molecule has 0 bridgehead atoms. The molecule has 0 spiro atoms. The van der Waals surface area contributed by atoms with E-state index in [1.54, 1.807) is 4.90 Å². The van der Waals surface area contributed by atoms with Crippen LogP contribution in [0.1, 0.15) is 26.2 Å². The Morgan fingerprint density at radius 3 is 2.40 bits per heavy atom. The van der Waals surface area contributed by atoms with Gasteiger partial charge in [0.1, 0.15) is 0 Å². The van der Waals surface area contributed by atoms with Crippen molar-refractivity contribution in [3.05, 3.63) is 0 Å². The molecule has 0 aromatic rings. The van der Waals surface area contributed by atoms with Gasteiger partial charge in [-0.2, -0.15) is 12.7 Å². The summed E-state index contributed by atoms with van der Waals surface area (Å²) in [4.78, 5) is 14.6. The predicted molar refractivity (Wildman–Crippen MR) is 76.1 cm³/mol. The van der Waals surface area contributed by atoms with E-state index < -0.39 is 10.2 Å². The monoisotopic (exact) mass is 304 g/mol. The first kappa shape index (κ1) is 15.7. The third-order valence-corrected chi connectivity index (χ3v) is 5.40. The topological polar surface area (TPSA) is 95.7 Å². The number of hydrogen-bond acceptors (Lipinski definition) is 4. The highest BCUT2D eigenvalue weighted by Gasteiger charge is 2.43. The molecule has 2 fully saturated rings. The summed E-state index contributed by atoms with van der Waals surface area (Å²) in [5.74, 6) is 0.165. The number of nitrogens with zero attached hydrogens (tertiary/aromatic N) is 2. The molecule has 0 saturated carbocycles. The van der Waals surface area contributed by atoms with E-state index in [2.05, 4.69) is 12.2 Å². The lowest BCUT2D eigenvalue weighted by atomic mass is 9.81. The summed E-state index contributed by atoms with van der Waals surface area (Å²) in [6, 6.07) is 0. The first-order valence-electron chi connectivity index (χ1n) is 7.17. The molecule has 2 aliphatic heterocycles. The summed E-state index contributed by atoms with van der Waals surface area (Å²) < 4.78 is 23.8. The Kier molecular flexibility index (Phi) is 4.68. The van der Waals surface area contributed by atoms with Crippen molar-refractivity contribution in [2.24, 2.45) is 10.6 Å². The average Bonchev–Trinajstić information content (AvgIpc) is 2.87. The van der Waals surface area contributed by atoms with Crippen molar-refractivity contribution in [3.8, 4) is 0 Å². The Morgan fingerprint density at radius 2 is 1.95 bits per heavy atom. The lowest BCUT2D eigenvalue weighted by molar-refractivity contribution is -0.142. The van der Waals surface area contributed by atoms with Gasteiger partial charge in [-0.3, -0.25) is 4.79 Å². The normalized spacial score (nSPS) is 28.8. The first-order valence-corrected chi connectivity index (χ1v) is 8.67. The van der Waals surface area contributed by atoms with Gasteiger partial charge in [0, 0.05) is 32.7 Å². The number of piperazine rings is 1. The number of nitrogens with two attached hydrogens (primary N) is 1. The van der Waals surface area contributed by atoms with Crippen LogP contribution in [0.2, 0.25) is 0 Å². The third-order valence-electron chi connectivity index (χ3n) is 4.31. The number of rotatable bonds is 4. The molecule has 2 heterocycles. The van der Waals surface area contributed by atoms with Gasteiger partial charge in [-0.15, -0.1) is 0 Å². The van der Waals surface area contributed by atoms with Crippen LogP contribution in [0, 0.1) is 5.41 Å². The van der Waals surface area contributed by atoms with Crippen LogP contribution in [0.4, 0.5) is 0 Å². The highest BCUT2D eigenvalue weighted by Crippen LogP contribution is 2.33. The van der Waals surface area contributed by atoms with Crippen LogP contribution >= 0.6 is 0 Å². The summed E-state index contributed by atoms with van der Waals surface area (Å²) >= 11 is 0. The number of carbonyl (C=O) groups excluding carboxylic acids is 1. The summed E-state index contributed by atoms with van der Waals surface area (Å²) in [6.07, 6.45) is 2.73. The molecule has 0 aromatic carbocycles.